The van der Waals surface area contributed by atoms with E-state index in [0.29, 0.717) is 6.42 Å². The fraction of sp³-hybridized carbons (Fsp3) is 0.600. The number of aliphatic carboxylic acids is 1. The average molecular weight is 198 g/mol. The summed E-state index contributed by atoms with van der Waals surface area (Å²) in [6.07, 6.45) is 5.56. The summed E-state index contributed by atoms with van der Waals surface area (Å²) in [5.74, 6) is -0.572. The van der Waals surface area contributed by atoms with Crippen molar-refractivity contribution in [3.8, 4) is 0 Å². The first-order valence-electron chi connectivity index (χ1n) is 4.74. The zero-order valence-corrected chi connectivity index (χ0v) is 7.94. The van der Waals surface area contributed by atoms with Crippen molar-refractivity contribution in [1.82, 2.24) is 0 Å². The Bertz CT molecular complexity index is 241. The van der Waals surface area contributed by atoms with Gasteiger partial charge in [0, 0.05) is 12.3 Å². The van der Waals surface area contributed by atoms with E-state index in [1.165, 1.54) is 0 Å². The van der Waals surface area contributed by atoms with E-state index < -0.39 is 5.97 Å². The zero-order chi connectivity index (χ0) is 10.4. The van der Waals surface area contributed by atoms with Gasteiger partial charge in [-0.15, -0.1) is 0 Å². The molecule has 1 N–H and O–H groups in total. The Morgan fingerprint density at radius 1 is 1.43 bits per heavy atom. The summed E-state index contributed by atoms with van der Waals surface area (Å²) in [5.41, 5.74) is 0. The quantitative estimate of drug-likeness (QED) is 0.397. The van der Waals surface area contributed by atoms with Crippen LogP contribution >= 0.6 is 0 Å². The highest BCUT2D eigenvalue weighted by atomic mass is 16.5. The van der Waals surface area contributed by atoms with Crippen molar-refractivity contribution >= 4 is 11.8 Å². The van der Waals surface area contributed by atoms with E-state index in [4.69, 9.17) is 9.84 Å². The van der Waals surface area contributed by atoms with Crippen LogP contribution in [0.1, 0.15) is 25.7 Å². The number of carbonyl (C=O) groups excluding carboxylic acids is 1. The summed E-state index contributed by atoms with van der Waals surface area (Å²) >= 11 is 0. The van der Waals surface area contributed by atoms with Crippen molar-refractivity contribution in [3.63, 3.8) is 0 Å². The van der Waals surface area contributed by atoms with Crippen molar-refractivity contribution in [3.05, 3.63) is 12.3 Å². The van der Waals surface area contributed by atoms with Gasteiger partial charge in [0.25, 0.3) is 0 Å². The largest absolute Gasteiger partial charge is 0.500 e. The summed E-state index contributed by atoms with van der Waals surface area (Å²) in [7, 11) is 0. The molecule has 0 aromatic rings. The molecule has 0 aromatic carbocycles. The van der Waals surface area contributed by atoms with Crippen LogP contribution in [0, 0.1) is 5.92 Å². The van der Waals surface area contributed by atoms with E-state index >= 15 is 0 Å². The molecule has 1 saturated carbocycles. The van der Waals surface area contributed by atoms with Crippen LogP contribution in [0.2, 0.25) is 0 Å². The molecular weight excluding hydrogens is 184 g/mol. The molecule has 0 heterocycles. The Morgan fingerprint density at radius 3 is 2.64 bits per heavy atom. The van der Waals surface area contributed by atoms with Gasteiger partial charge in [-0.05, 0) is 12.8 Å². The first-order chi connectivity index (χ1) is 6.70. The lowest BCUT2D eigenvalue weighted by molar-refractivity contribution is -0.131. The highest BCUT2D eigenvalue weighted by molar-refractivity contribution is 5.81. The highest BCUT2D eigenvalue weighted by Gasteiger charge is 2.24. The van der Waals surface area contributed by atoms with Crippen molar-refractivity contribution < 1.29 is 19.4 Å². The Kier molecular flexibility index (Phi) is 4.16. The molecule has 0 aliphatic heterocycles. The molecule has 1 aliphatic carbocycles. The number of rotatable bonds is 6. The van der Waals surface area contributed by atoms with Crippen molar-refractivity contribution in [2.45, 2.75) is 25.7 Å². The maximum absolute atomic E-state index is 11.3. The lowest BCUT2D eigenvalue weighted by Crippen LogP contribution is -2.22. The molecule has 4 heteroatoms. The molecule has 0 saturated heterocycles. The summed E-state index contributed by atoms with van der Waals surface area (Å²) in [6.45, 7) is 0.277. The van der Waals surface area contributed by atoms with Crippen LogP contribution < -0.4 is 0 Å². The van der Waals surface area contributed by atoms with Crippen LogP contribution in [0.3, 0.4) is 0 Å². The third-order valence-electron chi connectivity index (χ3n) is 2.33. The fourth-order valence-electron chi connectivity index (χ4n) is 1.27. The molecule has 1 rings (SSSR count). The van der Waals surface area contributed by atoms with Crippen molar-refractivity contribution in [1.29, 1.82) is 0 Å². The smallest absolute Gasteiger partial charge is 0.331 e. The molecule has 0 spiro atoms. The molecule has 0 amide bonds. The number of ketones is 1. The topological polar surface area (TPSA) is 63.6 Å². The number of carbonyl (C=O) groups is 2. The van der Waals surface area contributed by atoms with Gasteiger partial charge in [-0.25, -0.2) is 4.79 Å². The molecule has 1 aliphatic rings. The van der Waals surface area contributed by atoms with Crippen molar-refractivity contribution in [2.75, 3.05) is 6.61 Å². The van der Waals surface area contributed by atoms with Gasteiger partial charge in [0.15, 0.2) is 0 Å². The van der Waals surface area contributed by atoms with Crippen LogP contribution in [0.4, 0.5) is 0 Å². The molecule has 0 unspecified atom stereocenters. The lowest BCUT2D eigenvalue weighted by Gasteiger charge is -2.23. The fourth-order valence-corrected chi connectivity index (χ4v) is 1.27. The monoisotopic (exact) mass is 198 g/mol. The molecule has 14 heavy (non-hydrogen) atoms. The van der Waals surface area contributed by atoms with E-state index in [-0.39, 0.29) is 18.3 Å². The molecule has 4 nitrogen and oxygen atoms in total. The van der Waals surface area contributed by atoms with Crippen LogP contribution in [-0.2, 0) is 14.3 Å². The van der Waals surface area contributed by atoms with Crippen LogP contribution in [0.5, 0.6) is 0 Å². The van der Waals surface area contributed by atoms with Gasteiger partial charge in [0.2, 0.25) is 0 Å². The number of carboxylic acids is 1. The van der Waals surface area contributed by atoms with Gasteiger partial charge in [0.05, 0.1) is 18.9 Å². The molecule has 0 bridgehead atoms. The van der Waals surface area contributed by atoms with E-state index in [1.807, 2.05) is 0 Å². The Labute approximate surface area is 82.6 Å². The van der Waals surface area contributed by atoms with Gasteiger partial charge >= 0.3 is 5.97 Å². The van der Waals surface area contributed by atoms with Gasteiger partial charge < -0.3 is 9.84 Å². The molecule has 0 atom stereocenters. The Balaban J connectivity index is 2.03. The van der Waals surface area contributed by atoms with Crippen LogP contribution in [-0.4, -0.2) is 23.5 Å². The number of Topliss-reactive ketones (excluding diaryl/α,β-unsaturated/α-hetero) is 1. The minimum absolute atomic E-state index is 0.236. The average Bonchev–Trinajstić information content (AvgIpc) is 1.99. The van der Waals surface area contributed by atoms with Crippen molar-refractivity contribution in [2.24, 2.45) is 5.92 Å². The van der Waals surface area contributed by atoms with Gasteiger partial charge in [-0.1, -0.05) is 6.42 Å². The Morgan fingerprint density at radius 2 is 2.14 bits per heavy atom. The van der Waals surface area contributed by atoms with E-state index in [2.05, 4.69) is 0 Å². The number of hydrogen-bond acceptors (Lipinski definition) is 3. The van der Waals surface area contributed by atoms with Gasteiger partial charge in [0.1, 0.15) is 5.78 Å². The zero-order valence-electron chi connectivity index (χ0n) is 7.94. The first-order valence-corrected chi connectivity index (χ1v) is 4.74. The third-order valence-corrected chi connectivity index (χ3v) is 2.33. The van der Waals surface area contributed by atoms with Crippen LogP contribution in [0.15, 0.2) is 12.3 Å². The van der Waals surface area contributed by atoms with E-state index in [0.717, 1.165) is 31.6 Å². The minimum Gasteiger partial charge on any atom is -0.500 e. The molecule has 0 radical (unpaired) electrons. The highest BCUT2D eigenvalue weighted by Crippen LogP contribution is 2.27. The standard InChI is InChI=1S/C10H14O4/c11-9(8-2-1-3-8)4-6-14-7-5-10(12)13/h5,7-8H,1-4,6H2,(H,12,13). The molecule has 0 aromatic heterocycles. The summed E-state index contributed by atoms with van der Waals surface area (Å²) in [5, 5.41) is 8.22. The summed E-state index contributed by atoms with van der Waals surface area (Å²) < 4.78 is 4.85. The second kappa shape index (κ2) is 5.42. The first kappa shape index (κ1) is 10.8. The molecule has 78 valence electrons. The number of carboxylic acid groups (broad SMARTS) is 1. The molecule has 1 fully saturated rings. The second-order valence-electron chi connectivity index (χ2n) is 3.36. The maximum Gasteiger partial charge on any atom is 0.331 e. The third kappa shape index (κ3) is 3.60. The van der Waals surface area contributed by atoms with E-state index in [1.54, 1.807) is 0 Å². The predicted molar refractivity (Wildman–Crippen MR) is 49.7 cm³/mol. The second-order valence-corrected chi connectivity index (χ2v) is 3.36. The number of ether oxygens (including phenoxy) is 1. The predicted octanol–water partition coefficient (Wildman–Crippen LogP) is 1.36. The molecular formula is C10H14O4. The Hall–Kier alpha value is -1.32. The summed E-state index contributed by atoms with van der Waals surface area (Å²) in [6, 6.07) is 0. The van der Waals surface area contributed by atoms with E-state index in [9.17, 15) is 9.59 Å². The minimum atomic E-state index is -1.05. The summed E-state index contributed by atoms with van der Waals surface area (Å²) in [4.78, 5) is 21.3. The maximum atomic E-state index is 11.3. The number of hydrogen-bond donors (Lipinski definition) is 1. The SMILES string of the molecule is O=C(O)C=COCCC(=O)C1CCC1. The normalized spacial score (nSPS) is 16.6. The van der Waals surface area contributed by atoms with Gasteiger partial charge in [-0.2, -0.15) is 0 Å². The van der Waals surface area contributed by atoms with Gasteiger partial charge in [-0.3, -0.25) is 4.79 Å². The van der Waals surface area contributed by atoms with Crippen LogP contribution in [0.25, 0.3) is 0 Å². The lowest BCUT2D eigenvalue weighted by atomic mass is 9.81.